The number of benzene rings is 2. The van der Waals surface area contributed by atoms with Gasteiger partial charge in [-0.05, 0) is 30.3 Å². The van der Waals surface area contributed by atoms with Crippen LogP contribution in [0.25, 0.3) is 0 Å². The summed E-state index contributed by atoms with van der Waals surface area (Å²) in [5.74, 6) is -0.0941. The molecule has 132 valence electrons. The molecular weight excluding hydrogens is 363 g/mol. The second-order valence-corrected chi connectivity index (χ2v) is 6.54. The van der Waals surface area contributed by atoms with E-state index in [1.807, 2.05) is 13.8 Å². The molecule has 0 fully saturated rings. The molecule has 0 radical (unpaired) electrons. The van der Waals surface area contributed by atoms with E-state index in [1.54, 1.807) is 42.5 Å². The molecule has 7 heteroatoms. The van der Waals surface area contributed by atoms with Gasteiger partial charge in [0.2, 0.25) is 5.91 Å². The molecule has 0 aliphatic heterocycles. The number of amides is 2. The summed E-state index contributed by atoms with van der Waals surface area (Å²) in [6.45, 7) is 3.43. The van der Waals surface area contributed by atoms with Gasteiger partial charge in [-0.15, -0.1) is 0 Å². The number of rotatable bonds is 6. The number of anilines is 2. The Labute approximate surface area is 156 Å². The molecule has 0 aliphatic carbocycles. The fourth-order valence-corrected chi connectivity index (χ4v) is 2.45. The molecule has 0 aliphatic rings. The van der Waals surface area contributed by atoms with Crippen molar-refractivity contribution in [3.05, 3.63) is 52.5 Å². The largest absolute Gasteiger partial charge is 0.484 e. The lowest BCUT2D eigenvalue weighted by Crippen LogP contribution is -2.20. The van der Waals surface area contributed by atoms with Gasteiger partial charge in [-0.1, -0.05) is 43.1 Å². The lowest BCUT2D eigenvalue weighted by molar-refractivity contribution is -0.119. The average Bonchev–Trinajstić information content (AvgIpc) is 2.52. The third-order valence-electron chi connectivity index (χ3n) is 3.14. The first-order valence-corrected chi connectivity index (χ1v) is 8.39. The van der Waals surface area contributed by atoms with Crippen LogP contribution in [-0.4, -0.2) is 18.4 Å². The van der Waals surface area contributed by atoms with Gasteiger partial charge < -0.3 is 15.4 Å². The van der Waals surface area contributed by atoms with Crippen molar-refractivity contribution in [2.24, 2.45) is 5.92 Å². The Morgan fingerprint density at radius 3 is 2.32 bits per heavy atom. The second kappa shape index (κ2) is 8.74. The van der Waals surface area contributed by atoms with Crippen LogP contribution in [0.5, 0.6) is 5.75 Å². The van der Waals surface area contributed by atoms with Crippen LogP contribution < -0.4 is 15.4 Å². The Kier molecular flexibility index (Phi) is 6.67. The van der Waals surface area contributed by atoms with E-state index in [0.717, 1.165) is 0 Å². The molecule has 2 aromatic carbocycles. The molecule has 0 bridgehead atoms. The van der Waals surface area contributed by atoms with Crippen molar-refractivity contribution in [1.29, 1.82) is 0 Å². The number of nitrogens with one attached hydrogen (secondary N) is 2. The van der Waals surface area contributed by atoms with Crippen LogP contribution in [0.4, 0.5) is 11.4 Å². The molecule has 0 heterocycles. The minimum atomic E-state index is -0.352. The van der Waals surface area contributed by atoms with Gasteiger partial charge in [-0.25, -0.2) is 0 Å². The van der Waals surface area contributed by atoms with Gasteiger partial charge in [-0.3, -0.25) is 9.59 Å². The number of ether oxygens (including phenoxy) is 1. The van der Waals surface area contributed by atoms with E-state index in [4.69, 9.17) is 27.9 Å². The van der Waals surface area contributed by atoms with Crippen LogP contribution in [0.2, 0.25) is 10.0 Å². The molecule has 0 atom stereocenters. The van der Waals surface area contributed by atoms with Crippen LogP contribution in [0.1, 0.15) is 13.8 Å². The summed E-state index contributed by atoms with van der Waals surface area (Å²) in [4.78, 5) is 23.7. The number of hydrogen-bond acceptors (Lipinski definition) is 3. The van der Waals surface area contributed by atoms with E-state index in [0.29, 0.717) is 27.2 Å². The standard InChI is InChI=1S/C18H18Cl2N2O3/c1-11(2)18(24)22-14-4-3-5-16(9-14)25-10-17(23)21-15-7-12(19)6-13(20)8-15/h3-9,11H,10H2,1-2H3,(H,21,23)(H,22,24). The molecule has 2 N–H and O–H groups in total. The summed E-state index contributed by atoms with van der Waals surface area (Å²) in [7, 11) is 0. The Balaban J connectivity index is 1.92. The average molecular weight is 381 g/mol. The first-order valence-electron chi connectivity index (χ1n) is 7.63. The maximum absolute atomic E-state index is 12.0. The number of carbonyl (C=O) groups is 2. The molecule has 2 aromatic rings. The lowest BCUT2D eigenvalue weighted by atomic mass is 10.2. The Hall–Kier alpha value is -2.24. The van der Waals surface area contributed by atoms with Crippen LogP contribution in [-0.2, 0) is 9.59 Å². The highest BCUT2D eigenvalue weighted by Crippen LogP contribution is 2.22. The Bertz CT molecular complexity index is 758. The fraction of sp³-hybridized carbons (Fsp3) is 0.222. The van der Waals surface area contributed by atoms with Gasteiger partial charge in [-0.2, -0.15) is 0 Å². The second-order valence-electron chi connectivity index (χ2n) is 5.67. The Morgan fingerprint density at radius 1 is 1.00 bits per heavy atom. The van der Waals surface area contributed by atoms with E-state index in [2.05, 4.69) is 10.6 Å². The van der Waals surface area contributed by atoms with Gasteiger partial charge >= 0.3 is 0 Å². The molecule has 0 spiro atoms. The van der Waals surface area contributed by atoms with Crippen molar-refractivity contribution in [1.82, 2.24) is 0 Å². The minimum Gasteiger partial charge on any atom is -0.484 e. The van der Waals surface area contributed by atoms with E-state index in [-0.39, 0.29) is 24.3 Å². The van der Waals surface area contributed by atoms with Crippen LogP contribution in [0.15, 0.2) is 42.5 Å². The topological polar surface area (TPSA) is 67.4 Å². The van der Waals surface area contributed by atoms with Crippen LogP contribution in [0.3, 0.4) is 0 Å². The third kappa shape index (κ3) is 6.29. The highest BCUT2D eigenvalue weighted by molar-refractivity contribution is 6.35. The summed E-state index contributed by atoms with van der Waals surface area (Å²) in [6.07, 6.45) is 0. The van der Waals surface area contributed by atoms with Crippen molar-refractivity contribution in [3.63, 3.8) is 0 Å². The fourth-order valence-electron chi connectivity index (χ4n) is 1.92. The minimum absolute atomic E-state index is 0.0901. The number of hydrogen-bond donors (Lipinski definition) is 2. The van der Waals surface area contributed by atoms with Crippen LogP contribution >= 0.6 is 23.2 Å². The summed E-state index contributed by atoms with van der Waals surface area (Å²) in [5.41, 5.74) is 1.10. The van der Waals surface area contributed by atoms with Crippen molar-refractivity contribution >= 4 is 46.4 Å². The quantitative estimate of drug-likeness (QED) is 0.768. The van der Waals surface area contributed by atoms with Crippen molar-refractivity contribution < 1.29 is 14.3 Å². The van der Waals surface area contributed by atoms with Crippen molar-refractivity contribution in [2.75, 3.05) is 17.2 Å². The highest BCUT2D eigenvalue weighted by atomic mass is 35.5. The molecule has 0 unspecified atom stereocenters. The maximum atomic E-state index is 12.0. The zero-order valence-corrected chi connectivity index (χ0v) is 15.3. The van der Waals surface area contributed by atoms with Crippen molar-refractivity contribution in [3.8, 4) is 5.75 Å². The zero-order valence-electron chi connectivity index (χ0n) is 13.8. The van der Waals surface area contributed by atoms with E-state index in [9.17, 15) is 9.59 Å². The Morgan fingerprint density at radius 2 is 1.68 bits per heavy atom. The molecule has 0 saturated heterocycles. The molecule has 25 heavy (non-hydrogen) atoms. The van der Waals surface area contributed by atoms with Gasteiger partial charge in [0.25, 0.3) is 5.91 Å². The van der Waals surface area contributed by atoms with Crippen LogP contribution in [0, 0.1) is 5.92 Å². The predicted octanol–water partition coefficient (Wildman–Crippen LogP) is 4.61. The first-order chi connectivity index (χ1) is 11.8. The smallest absolute Gasteiger partial charge is 0.262 e. The van der Waals surface area contributed by atoms with E-state index < -0.39 is 0 Å². The maximum Gasteiger partial charge on any atom is 0.262 e. The summed E-state index contributed by atoms with van der Waals surface area (Å²) < 4.78 is 5.45. The lowest BCUT2D eigenvalue weighted by Gasteiger charge is -2.11. The molecule has 0 aromatic heterocycles. The number of carbonyl (C=O) groups excluding carboxylic acids is 2. The normalized spacial score (nSPS) is 10.4. The molecule has 0 saturated carbocycles. The first kappa shape index (κ1) is 19.1. The summed E-state index contributed by atoms with van der Waals surface area (Å²) in [6, 6.07) is 11.6. The van der Waals surface area contributed by atoms with Gasteiger partial charge in [0, 0.05) is 33.4 Å². The summed E-state index contributed by atoms with van der Waals surface area (Å²) in [5, 5.41) is 6.28. The monoisotopic (exact) mass is 380 g/mol. The van der Waals surface area contributed by atoms with Gasteiger partial charge in [0.05, 0.1) is 0 Å². The SMILES string of the molecule is CC(C)C(=O)Nc1cccc(OCC(=O)Nc2cc(Cl)cc(Cl)c2)c1. The zero-order chi connectivity index (χ0) is 18.4. The van der Waals surface area contributed by atoms with Crippen molar-refractivity contribution in [2.45, 2.75) is 13.8 Å². The third-order valence-corrected chi connectivity index (χ3v) is 3.58. The van der Waals surface area contributed by atoms with E-state index >= 15 is 0 Å². The molecule has 2 rings (SSSR count). The predicted molar refractivity (Wildman–Crippen MR) is 100 cm³/mol. The van der Waals surface area contributed by atoms with Gasteiger partial charge in [0.1, 0.15) is 5.75 Å². The number of halogens is 2. The highest BCUT2D eigenvalue weighted by Gasteiger charge is 2.09. The van der Waals surface area contributed by atoms with E-state index in [1.165, 1.54) is 0 Å². The molecular formula is C18H18Cl2N2O3. The summed E-state index contributed by atoms with van der Waals surface area (Å²) >= 11 is 11.8. The van der Waals surface area contributed by atoms with Gasteiger partial charge in [0.15, 0.2) is 6.61 Å². The molecule has 2 amide bonds. The molecule has 5 nitrogen and oxygen atoms in total.